The third-order valence-electron chi connectivity index (χ3n) is 4.31. The monoisotopic (exact) mass is 378 g/mol. The van der Waals surface area contributed by atoms with E-state index in [0.717, 1.165) is 0 Å². The number of allylic oxidation sites excluding steroid dienone is 1. The van der Waals surface area contributed by atoms with Gasteiger partial charge in [0.05, 0.1) is 22.7 Å². The maximum atomic E-state index is 13.1. The molecule has 0 atom stereocenters. The lowest BCUT2D eigenvalue weighted by Gasteiger charge is -2.17. The minimum absolute atomic E-state index is 0.0526. The number of hydrogen-bond acceptors (Lipinski definition) is 5. The van der Waals surface area contributed by atoms with Gasteiger partial charge in [0.25, 0.3) is 11.6 Å². The normalized spacial score (nSPS) is 15.3. The predicted molar refractivity (Wildman–Crippen MR) is 104 cm³/mol. The van der Waals surface area contributed by atoms with Crippen LogP contribution in [0.2, 0.25) is 0 Å². The number of nitrogens with zero attached hydrogens (tertiary/aromatic N) is 2. The molecular formula is C21H18N2O5. The summed E-state index contributed by atoms with van der Waals surface area (Å²) < 4.78 is 5.14. The van der Waals surface area contributed by atoms with Gasteiger partial charge in [-0.15, -0.1) is 0 Å². The molecule has 1 heterocycles. The molecule has 2 aromatic carbocycles. The highest BCUT2D eigenvalue weighted by atomic mass is 16.6. The van der Waals surface area contributed by atoms with E-state index in [4.69, 9.17) is 4.74 Å². The quantitative estimate of drug-likeness (QED) is 0.341. The largest absolute Gasteiger partial charge is 0.462 e. The Morgan fingerprint density at radius 1 is 1.14 bits per heavy atom. The smallest absolute Gasteiger partial charge is 0.340 e. The minimum Gasteiger partial charge on any atom is -0.462 e. The summed E-state index contributed by atoms with van der Waals surface area (Å²) in [5.41, 5.74) is 2.01. The highest BCUT2D eigenvalue weighted by Gasteiger charge is 2.37. The van der Waals surface area contributed by atoms with Crippen LogP contribution in [0.15, 0.2) is 71.4 Å². The van der Waals surface area contributed by atoms with E-state index < -0.39 is 10.9 Å². The van der Waals surface area contributed by atoms with E-state index in [0.29, 0.717) is 16.9 Å². The van der Waals surface area contributed by atoms with Crippen LogP contribution < -0.4 is 4.90 Å². The molecule has 1 amide bonds. The molecule has 0 fully saturated rings. The molecule has 0 unspecified atom stereocenters. The van der Waals surface area contributed by atoms with Crippen LogP contribution in [0.5, 0.6) is 0 Å². The van der Waals surface area contributed by atoms with E-state index >= 15 is 0 Å². The van der Waals surface area contributed by atoms with Crippen molar-refractivity contribution in [1.82, 2.24) is 0 Å². The molecule has 3 rings (SSSR count). The summed E-state index contributed by atoms with van der Waals surface area (Å²) in [7, 11) is 0. The van der Waals surface area contributed by atoms with Crippen LogP contribution in [0.3, 0.4) is 0 Å². The van der Waals surface area contributed by atoms with Crippen molar-refractivity contribution >= 4 is 29.3 Å². The fourth-order valence-electron chi connectivity index (χ4n) is 3.03. The van der Waals surface area contributed by atoms with Crippen molar-refractivity contribution in [3.8, 4) is 0 Å². The molecule has 1 aliphatic heterocycles. The van der Waals surface area contributed by atoms with Gasteiger partial charge >= 0.3 is 5.97 Å². The molecule has 0 saturated carbocycles. The molecule has 0 spiro atoms. The molecule has 0 saturated heterocycles. The Balaban J connectivity index is 2.08. The number of carbonyl (C=O) groups is 2. The number of nitro groups is 1. The van der Waals surface area contributed by atoms with Crippen LogP contribution in [0, 0.1) is 10.1 Å². The van der Waals surface area contributed by atoms with E-state index in [2.05, 4.69) is 0 Å². The fraction of sp³-hybridized carbons (Fsp3) is 0.143. The molecule has 7 heteroatoms. The first-order valence-corrected chi connectivity index (χ1v) is 8.68. The topological polar surface area (TPSA) is 89.8 Å². The zero-order valence-electron chi connectivity index (χ0n) is 15.4. The molecule has 0 aliphatic carbocycles. The van der Waals surface area contributed by atoms with Gasteiger partial charge in [-0.3, -0.25) is 19.8 Å². The van der Waals surface area contributed by atoms with Crippen molar-refractivity contribution in [1.29, 1.82) is 0 Å². The number of benzene rings is 2. The van der Waals surface area contributed by atoms with Crippen LogP contribution in [-0.2, 0) is 14.3 Å². The van der Waals surface area contributed by atoms with Gasteiger partial charge in [-0.1, -0.05) is 18.2 Å². The van der Waals surface area contributed by atoms with Gasteiger partial charge in [0.1, 0.15) is 0 Å². The van der Waals surface area contributed by atoms with Crippen molar-refractivity contribution in [2.45, 2.75) is 13.8 Å². The van der Waals surface area contributed by atoms with Gasteiger partial charge in [-0.2, -0.15) is 0 Å². The Morgan fingerprint density at radius 3 is 2.36 bits per heavy atom. The lowest BCUT2D eigenvalue weighted by Crippen LogP contribution is -2.24. The number of carbonyl (C=O) groups excluding carboxylic acids is 2. The van der Waals surface area contributed by atoms with Crippen molar-refractivity contribution in [2.24, 2.45) is 0 Å². The summed E-state index contributed by atoms with van der Waals surface area (Å²) in [6.07, 6.45) is 1.55. The number of hydrogen-bond donors (Lipinski definition) is 0. The number of amides is 1. The minimum atomic E-state index is -0.583. The van der Waals surface area contributed by atoms with E-state index in [-0.39, 0.29) is 29.3 Å². The Kier molecular flexibility index (Phi) is 5.35. The van der Waals surface area contributed by atoms with Crippen LogP contribution >= 0.6 is 0 Å². The second-order valence-corrected chi connectivity index (χ2v) is 6.06. The first-order valence-electron chi connectivity index (χ1n) is 8.68. The number of para-hydroxylation sites is 1. The summed E-state index contributed by atoms with van der Waals surface area (Å²) in [4.78, 5) is 37.4. The highest BCUT2D eigenvalue weighted by Crippen LogP contribution is 2.35. The molecule has 142 valence electrons. The first kappa shape index (κ1) is 19.0. The molecule has 0 aromatic heterocycles. The maximum absolute atomic E-state index is 13.1. The average molecular weight is 378 g/mol. The average Bonchev–Trinajstić information content (AvgIpc) is 2.93. The summed E-state index contributed by atoms with van der Waals surface area (Å²) >= 11 is 0. The number of anilines is 1. The van der Waals surface area contributed by atoms with Crippen LogP contribution in [0.4, 0.5) is 11.4 Å². The van der Waals surface area contributed by atoms with Crippen LogP contribution in [-0.4, -0.2) is 23.4 Å². The van der Waals surface area contributed by atoms with E-state index in [1.54, 1.807) is 44.2 Å². The Morgan fingerprint density at radius 2 is 1.79 bits per heavy atom. The van der Waals surface area contributed by atoms with E-state index in [9.17, 15) is 19.7 Å². The Hall–Kier alpha value is -3.74. The van der Waals surface area contributed by atoms with Crippen LogP contribution in [0.1, 0.15) is 19.4 Å². The highest BCUT2D eigenvalue weighted by molar-refractivity contribution is 6.23. The summed E-state index contributed by atoms with van der Waals surface area (Å²) in [5, 5.41) is 10.8. The molecule has 0 radical (unpaired) electrons. The van der Waals surface area contributed by atoms with E-state index in [1.807, 2.05) is 6.07 Å². The maximum Gasteiger partial charge on any atom is 0.340 e. The van der Waals surface area contributed by atoms with Crippen molar-refractivity contribution < 1.29 is 19.2 Å². The summed E-state index contributed by atoms with van der Waals surface area (Å²) in [6, 6.07) is 14.8. The molecule has 7 nitrogen and oxygen atoms in total. The van der Waals surface area contributed by atoms with Crippen LogP contribution in [0.25, 0.3) is 6.08 Å². The van der Waals surface area contributed by atoms with Gasteiger partial charge in [-0.05, 0) is 49.8 Å². The zero-order valence-corrected chi connectivity index (χ0v) is 15.4. The van der Waals surface area contributed by atoms with Gasteiger partial charge in [-0.25, -0.2) is 4.79 Å². The molecule has 0 N–H and O–H groups in total. The van der Waals surface area contributed by atoms with E-state index in [1.165, 1.54) is 29.2 Å². The number of rotatable bonds is 5. The third-order valence-corrected chi connectivity index (χ3v) is 4.31. The number of ether oxygens (including phenoxy) is 1. The third kappa shape index (κ3) is 3.55. The molecule has 28 heavy (non-hydrogen) atoms. The molecule has 1 aliphatic rings. The standard InChI is InChI=1S/C21H18N2O5/c1-3-28-21(25)19-14(2)22(16-7-5-4-6-8-16)20(24)18(19)13-15-9-11-17(12-10-15)23(26)27/h4-13H,3H2,1-2H3/b18-13-. The molecular weight excluding hydrogens is 360 g/mol. The fourth-order valence-corrected chi connectivity index (χ4v) is 3.03. The number of non-ortho nitro benzene ring substituents is 1. The predicted octanol–water partition coefficient (Wildman–Crippen LogP) is 3.86. The van der Waals surface area contributed by atoms with Gasteiger partial charge in [0.15, 0.2) is 0 Å². The second-order valence-electron chi connectivity index (χ2n) is 6.06. The van der Waals surface area contributed by atoms with Gasteiger partial charge in [0, 0.05) is 23.5 Å². The van der Waals surface area contributed by atoms with Crippen molar-refractivity contribution in [2.75, 3.05) is 11.5 Å². The van der Waals surface area contributed by atoms with Crippen molar-refractivity contribution in [3.05, 3.63) is 87.1 Å². The number of nitro benzene ring substituents is 1. The first-order chi connectivity index (χ1) is 13.4. The second kappa shape index (κ2) is 7.87. The lowest BCUT2D eigenvalue weighted by molar-refractivity contribution is -0.384. The summed E-state index contributed by atoms with van der Waals surface area (Å²) in [5.74, 6) is -0.940. The summed E-state index contributed by atoms with van der Waals surface area (Å²) in [6.45, 7) is 3.56. The SMILES string of the molecule is CCOC(=O)C1=C(C)N(c2ccccc2)C(=O)/C1=C\c1ccc([N+](=O)[O-])cc1. The molecule has 2 aromatic rings. The zero-order chi connectivity index (χ0) is 20.3. The lowest BCUT2D eigenvalue weighted by atomic mass is 10.0. The number of esters is 1. The van der Waals surface area contributed by atoms with Crippen molar-refractivity contribution in [3.63, 3.8) is 0 Å². The Bertz CT molecular complexity index is 991. The molecule has 0 bridgehead atoms. The van der Waals surface area contributed by atoms with Gasteiger partial charge in [0.2, 0.25) is 0 Å². The van der Waals surface area contributed by atoms with Gasteiger partial charge < -0.3 is 4.74 Å². The Labute approximate surface area is 161 Å².